The molecule has 0 saturated heterocycles. The number of ether oxygens (including phenoxy) is 1. The molecule has 0 saturated carbocycles. The maximum atomic E-state index is 12.9. The van der Waals surface area contributed by atoms with Crippen molar-refractivity contribution in [2.75, 3.05) is 6.61 Å². The first-order valence-electron chi connectivity index (χ1n) is 6.80. The van der Waals surface area contributed by atoms with Crippen LogP contribution < -0.4 is 4.74 Å². The molecule has 8 heteroatoms. The zero-order valence-electron chi connectivity index (χ0n) is 11.8. The van der Waals surface area contributed by atoms with Gasteiger partial charge in [-0.25, -0.2) is 4.68 Å². The molecule has 1 aromatic carbocycles. The fraction of sp³-hybridized carbons (Fsp3) is 0.429. The lowest BCUT2D eigenvalue weighted by molar-refractivity contribution is -0.145. The minimum Gasteiger partial charge on any atom is -0.494 e. The molecule has 2 rings (SSSR count). The summed E-state index contributed by atoms with van der Waals surface area (Å²) in [7, 11) is 0. The highest BCUT2D eigenvalue weighted by molar-refractivity contribution is 5.20. The van der Waals surface area contributed by atoms with Crippen molar-refractivity contribution >= 4 is 0 Å². The van der Waals surface area contributed by atoms with Gasteiger partial charge in [0.1, 0.15) is 11.4 Å². The van der Waals surface area contributed by atoms with Crippen LogP contribution in [0.1, 0.15) is 24.2 Å². The van der Waals surface area contributed by atoms with Crippen LogP contribution in [0.3, 0.4) is 0 Å². The van der Waals surface area contributed by atoms with Gasteiger partial charge in [0, 0.05) is 6.54 Å². The summed E-state index contributed by atoms with van der Waals surface area (Å²) in [4.78, 5) is 0. The summed E-state index contributed by atoms with van der Waals surface area (Å²) in [6.07, 6.45) is -3.53. The van der Waals surface area contributed by atoms with Gasteiger partial charge in [-0.2, -0.15) is 13.2 Å². The van der Waals surface area contributed by atoms with Crippen LogP contribution in [0.4, 0.5) is 13.2 Å². The summed E-state index contributed by atoms with van der Waals surface area (Å²) < 4.78 is 44.9. The smallest absolute Gasteiger partial charge is 0.435 e. The molecule has 1 N–H and O–H groups in total. The molecule has 120 valence electrons. The number of halogens is 3. The van der Waals surface area contributed by atoms with Gasteiger partial charge in [-0.1, -0.05) is 23.4 Å². The van der Waals surface area contributed by atoms with Gasteiger partial charge in [-0.3, -0.25) is 0 Å². The lowest BCUT2D eigenvalue weighted by atomic mass is 10.3. The van der Waals surface area contributed by atoms with E-state index in [0.717, 1.165) is 10.4 Å². The molecule has 0 aliphatic heterocycles. The van der Waals surface area contributed by atoms with Gasteiger partial charge in [0.15, 0.2) is 5.69 Å². The van der Waals surface area contributed by atoms with Gasteiger partial charge in [0.2, 0.25) is 0 Å². The summed E-state index contributed by atoms with van der Waals surface area (Å²) >= 11 is 0. The Labute approximate surface area is 125 Å². The molecular weight excluding hydrogens is 299 g/mol. The van der Waals surface area contributed by atoms with Crippen molar-refractivity contribution < 1.29 is 23.0 Å². The second-order valence-electron chi connectivity index (χ2n) is 4.63. The molecular formula is C14H16F3N3O2. The highest BCUT2D eigenvalue weighted by Crippen LogP contribution is 2.31. The Hall–Kier alpha value is -2.09. The number of hydrogen-bond donors (Lipinski definition) is 1. The Morgan fingerprint density at radius 3 is 2.50 bits per heavy atom. The van der Waals surface area contributed by atoms with E-state index in [-0.39, 0.29) is 6.54 Å². The van der Waals surface area contributed by atoms with Crippen molar-refractivity contribution in [3.8, 4) is 5.75 Å². The number of hydrogen-bond acceptors (Lipinski definition) is 4. The largest absolute Gasteiger partial charge is 0.494 e. The van der Waals surface area contributed by atoms with Gasteiger partial charge in [-0.15, -0.1) is 5.10 Å². The highest BCUT2D eigenvalue weighted by atomic mass is 19.4. The number of para-hydroxylation sites is 1. The molecule has 5 nitrogen and oxygen atoms in total. The number of aliphatic hydroxyl groups is 1. The van der Waals surface area contributed by atoms with E-state index in [2.05, 4.69) is 10.3 Å². The van der Waals surface area contributed by atoms with Gasteiger partial charge in [0.25, 0.3) is 0 Å². The number of aryl methyl sites for hydroxylation is 1. The maximum Gasteiger partial charge on any atom is 0.435 e. The quantitative estimate of drug-likeness (QED) is 0.798. The van der Waals surface area contributed by atoms with Crippen molar-refractivity contribution in [2.45, 2.75) is 32.2 Å². The van der Waals surface area contributed by atoms with Crippen LogP contribution >= 0.6 is 0 Å². The average molecular weight is 315 g/mol. The minimum absolute atomic E-state index is 0.0694. The Morgan fingerprint density at radius 2 is 1.86 bits per heavy atom. The SMILES string of the molecule is OCc1nnn(CCCCOc2ccccc2)c1C(F)(F)F. The third-order valence-electron chi connectivity index (χ3n) is 3.00. The normalized spacial score (nSPS) is 11.6. The highest BCUT2D eigenvalue weighted by Gasteiger charge is 2.38. The minimum atomic E-state index is -4.58. The molecule has 0 aliphatic rings. The molecule has 2 aromatic rings. The Morgan fingerprint density at radius 1 is 1.14 bits per heavy atom. The van der Waals surface area contributed by atoms with Crippen molar-refractivity contribution in [3.63, 3.8) is 0 Å². The summed E-state index contributed by atoms with van der Waals surface area (Å²) in [5, 5.41) is 15.7. The third kappa shape index (κ3) is 4.20. The molecule has 22 heavy (non-hydrogen) atoms. The van der Waals surface area contributed by atoms with Crippen LogP contribution in [0, 0.1) is 0 Å². The van der Waals surface area contributed by atoms with Gasteiger partial charge < -0.3 is 9.84 Å². The number of alkyl halides is 3. The maximum absolute atomic E-state index is 12.9. The predicted octanol–water partition coefficient (Wildman–Crippen LogP) is 2.65. The molecule has 0 bridgehead atoms. The molecule has 0 radical (unpaired) electrons. The van der Waals surface area contributed by atoms with Crippen molar-refractivity contribution in [1.82, 2.24) is 15.0 Å². The summed E-state index contributed by atoms with van der Waals surface area (Å²) in [6.45, 7) is -0.307. The predicted molar refractivity (Wildman–Crippen MR) is 72.1 cm³/mol. The number of unbranched alkanes of at least 4 members (excludes halogenated alkanes) is 1. The number of aromatic nitrogens is 3. The molecule has 0 amide bonds. The van der Waals surface area contributed by atoms with E-state index in [1.54, 1.807) is 0 Å². The number of nitrogens with zero attached hydrogens (tertiary/aromatic N) is 3. The van der Waals surface area contributed by atoms with Crippen molar-refractivity contribution in [1.29, 1.82) is 0 Å². The van der Waals surface area contributed by atoms with Crippen LogP contribution in [-0.2, 0) is 19.3 Å². The van der Waals surface area contributed by atoms with E-state index in [1.165, 1.54) is 0 Å². The van der Waals surface area contributed by atoms with Crippen LogP contribution in [0.5, 0.6) is 5.75 Å². The lowest BCUT2D eigenvalue weighted by Crippen LogP contribution is -2.17. The standard InChI is InChI=1S/C14H16F3N3O2/c15-14(16,17)13-12(10-21)18-19-20(13)8-4-5-9-22-11-6-2-1-3-7-11/h1-3,6-7,21H,4-5,8-10H2. The van der Waals surface area contributed by atoms with E-state index >= 15 is 0 Å². The van der Waals surface area contributed by atoms with Crippen molar-refractivity contribution in [3.05, 3.63) is 41.7 Å². The number of aliphatic hydroxyl groups excluding tert-OH is 1. The number of benzene rings is 1. The Kier molecular flexibility index (Phi) is 5.37. The molecule has 0 spiro atoms. The van der Waals surface area contributed by atoms with Crippen molar-refractivity contribution in [2.24, 2.45) is 0 Å². The fourth-order valence-electron chi connectivity index (χ4n) is 1.99. The van der Waals surface area contributed by atoms with Crippen LogP contribution in [0.25, 0.3) is 0 Å². The van der Waals surface area contributed by atoms with Gasteiger partial charge >= 0.3 is 6.18 Å². The van der Waals surface area contributed by atoms with Crippen LogP contribution in [-0.4, -0.2) is 26.7 Å². The monoisotopic (exact) mass is 315 g/mol. The summed E-state index contributed by atoms with van der Waals surface area (Å²) in [6, 6.07) is 9.18. The third-order valence-corrected chi connectivity index (χ3v) is 3.00. The fourth-order valence-corrected chi connectivity index (χ4v) is 1.99. The first kappa shape index (κ1) is 16.3. The van der Waals surface area contributed by atoms with E-state index < -0.39 is 24.2 Å². The Bertz CT molecular complexity index is 585. The van der Waals surface area contributed by atoms with Gasteiger partial charge in [0.05, 0.1) is 13.2 Å². The molecule has 0 unspecified atom stereocenters. The van der Waals surface area contributed by atoms with Crippen LogP contribution in [0.2, 0.25) is 0 Å². The van der Waals surface area contributed by atoms with E-state index in [0.29, 0.717) is 19.4 Å². The zero-order valence-corrected chi connectivity index (χ0v) is 11.8. The van der Waals surface area contributed by atoms with E-state index in [9.17, 15) is 13.2 Å². The molecule has 0 fully saturated rings. The van der Waals surface area contributed by atoms with E-state index in [1.807, 2.05) is 30.3 Å². The van der Waals surface area contributed by atoms with Crippen LogP contribution in [0.15, 0.2) is 30.3 Å². The topological polar surface area (TPSA) is 60.2 Å². The second-order valence-corrected chi connectivity index (χ2v) is 4.63. The van der Waals surface area contributed by atoms with E-state index in [4.69, 9.17) is 9.84 Å². The zero-order chi connectivity index (χ0) is 16.0. The first-order valence-corrected chi connectivity index (χ1v) is 6.80. The summed E-state index contributed by atoms with van der Waals surface area (Å²) in [5.41, 5.74) is -1.44. The lowest BCUT2D eigenvalue weighted by Gasteiger charge is -2.10. The second kappa shape index (κ2) is 7.26. The molecule has 0 aliphatic carbocycles. The molecule has 0 atom stereocenters. The number of rotatable bonds is 7. The molecule has 1 heterocycles. The molecule has 1 aromatic heterocycles. The van der Waals surface area contributed by atoms with Gasteiger partial charge in [-0.05, 0) is 25.0 Å². The average Bonchev–Trinajstić information content (AvgIpc) is 2.91. The summed E-state index contributed by atoms with van der Waals surface area (Å²) in [5.74, 6) is 0.724. The first-order chi connectivity index (χ1) is 10.5. The Balaban J connectivity index is 1.83.